The van der Waals surface area contributed by atoms with Crippen molar-refractivity contribution >= 4 is 0 Å². The molecule has 0 amide bonds. The summed E-state index contributed by atoms with van der Waals surface area (Å²) in [4.78, 5) is 0. The lowest BCUT2D eigenvalue weighted by molar-refractivity contribution is 0.216. The molecular weight excluding hydrogens is 506 g/mol. The summed E-state index contributed by atoms with van der Waals surface area (Å²) in [5, 5.41) is 0. The number of rotatable bonds is 25. The van der Waals surface area contributed by atoms with E-state index in [1.807, 2.05) is 0 Å². The van der Waals surface area contributed by atoms with Crippen molar-refractivity contribution < 1.29 is 14.2 Å². The van der Waals surface area contributed by atoms with E-state index in [4.69, 9.17) is 19.9 Å². The summed E-state index contributed by atoms with van der Waals surface area (Å²) < 4.78 is 19.3. The lowest BCUT2D eigenvalue weighted by Crippen LogP contribution is -2.11. The molecule has 0 spiro atoms. The zero-order chi connectivity index (χ0) is 30.6. The molecule has 240 valence electrons. The number of benzene rings is 1. The van der Waals surface area contributed by atoms with Gasteiger partial charge < -0.3 is 19.9 Å². The smallest absolute Gasteiger partial charge is 0.203 e. The molecule has 0 aliphatic carbocycles. The summed E-state index contributed by atoms with van der Waals surface area (Å²) in [5.41, 5.74) is 7.13. The van der Waals surface area contributed by atoms with Gasteiger partial charge in [0.2, 0.25) is 5.75 Å². The lowest BCUT2D eigenvalue weighted by Gasteiger charge is -2.21. The second-order valence-corrected chi connectivity index (χ2v) is 14.3. The highest BCUT2D eigenvalue weighted by Crippen LogP contribution is 2.40. The summed E-state index contributed by atoms with van der Waals surface area (Å²) in [6.07, 6.45) is 14.7. The molecule has 0 aliphatic rings. The molecule has 41 heavy (non-hydrogen) atoms. The Labute approximate surface area is 255 Å². The predicted octanol–water partition coefficient (Wildman–Crippen LogP) is 10.8. The Morgan fingerprint density at radius 3 is 1.15 bits per heavy atom. The average molecular weight is 576 g/mol. The van der Waals surface area contributed by atoms with Crippen LogP contribution in [-0.4, -0.2) is 19.8 Å². The van der Waals surface area contributed by atoms with Gasteiger partial charge in [-0.3, -0.25) is 0 Å². The number of nitrogens with two attached hydrogens (primary N) is 1. The molecule has 1 aromatic rings. The van der Waals surface area contributed by atoms with Crippen molar-refractivity contribution in [1.29, 1.82) is 0 Å². The fraction of sp³-hybridized carbons (Fsp3) is 0.838. The number of hydrogen-bond donors (Lipinski definition) is 1. The lowest BCUT2D eigenvalue weighted by atomic mass is 9.97. The Bertz CT molecular complexity index is 728. The van der Waals surface area contributed by atoms with Crippen LogP contribution in [-0.2, 0) is 6.54 Å². The molecule has 1 rings (SSSR count). The van der Waals surface area contributed by atoms with Crippen molar-refractivity contribution in [2.75, 3.05) is 19.8 Å². The van der Waals surface area contributed by atoms with Crippen molar-refractivity contribution in [3.63, 3.8) is 0 Å². The van der Waals surface area contributed by atoms with E-state index in [-0.39, 0.29) is 0 Å². The molecule has 0 aliphatic heterocycles. The zero-order valence-corrected chi connectivity index (χ0v) is 28.7. The van der Waals surface area contributed by atoms with Gasteiger partial charge in [-0.2, -0.15) is 0 Å². The first-order valence-electron chi connectivity index (χ1n) is 17.3. The van der Waals surface area contributed by atoms with Gasteiger partial charge >= 0.3 is 0 Å². The van der Waals surface area contributed by atoms with E-state index < -0.39 is 0 Å². The molecule has 0 unspecified atom stereocenters. The van der Waals surface area contributed by atoms with Gasteiger partial charge in [0, 0.05) is 6.54 Å². The second-order valence-electron chi connectivity index (χ2n) is 14.3. The van der Waals surface area contributed by atoms with Crippen molar-refractivity contribution in [3.05, 3.63) is 17.7 Å². The monoisotopic (exact) mass is 576 g/mol. The Balaban J connectivity index is 2.87. The molecular formula is C37H69NO3. The molecule has 0 aromatic heterocycles. The van der Waals surface area contributed by atoms with Crippen LogP contribution >= 0.6 is 0 Å². The fourth-order valence-electron chi connectivity index (χ4n) is 5.26. The van der Waals surface area contributed by atoms with E-state index >= 15 is 0 Å². The van der Waals surface area contributed by atoms with Gasteiger partial charge in [0.05, 0.1) is 19.8 Å². The maximum atomic E-state index is 6.47. The molecule has 0 radical (unpaired) electrons. The normalized spacial score (nSPS) is 14.1. The summed E-state index contributed by atoms with van der Waals surface area (Å²) in [5.74, 6) is 6.60. The predicted molar refractivity (Wildman–Crippen MR) is 178 cm³/mol. The molecule has 3 atom stereocenters. The van der Waals surface area contributed by atoms with Crippen LogP contribution in [0.25, 0.3) is 0 Å². The fourth-order valence-corrected chi connectivity index (χ4v) is 5.26. The maximum absolute atomic E-state index is 6.47. The maximum Gasteiger partial charge on any atom is 0.203 e. The van der Waals surface area contributed by atoms with Crippen LogP contribution in [0.2, 0.25) is 0 Å². The van der Waals surface area contributed by atoms with Crippen LogP contribution in [0.3, 0.4) is 0 Å². The van der Waals surface area contributed by atoms with Crippen LogP contribution in [0.4, 0.5) is 0 Å². The third-order valence-electron chi connectivity index (χ3n) is 8.34. The molecule has 4 nitrogen and oxygen atoms in total. The first-order chi connectivity index (χ1) is 19.5. The third-order valence-corrected chi connectivity index (χ3v) is 8.34. The van der Waals surface area contributed by atoms with Crippen molar-refractivity contribution in [1.82, 2.24) is 0 Å². The Morgan fingerprint density at radius 1 is 0.488 bits per heavy atom. The molecule has 0 bridgehead atoms. The summed E-state index contributed by atoms with van der Waals surface area (Å²) >= 11 is 0. The molecule has 0 saturated heterocycles. The average Bonchev–Trinajstić information content (AvgIpc) is 2.89. The molecule has 4 heteroatoms. The Morgan fingerprint density at radius 2 is 0.829 bits per heavy atom. The van der Waals surface area contributed by atoms with Crippen LogP contribution in [0.15, 0.2) is 12.1 Å². The van der Waals surface area contributed by atoms with Gasteiger partial charge in [-0.25, -0.2) is 0 Å². The molecule has 1 aromatic carbocycles. The van der Waals surface area contributed by atoms with Gasteiger partial charge in [0.25, 0.3) is 0 Å². The highest BCUT2D eigenvalue weighted by molar-refractivity contribution is 5.54. The van der Waals surface area contributed by atoms with E-state index in [1.54, 1.807) is 0 Å². The van der Waals surface area contributed by atoms with Gasteiger partial charge in [-0.15, -0.1) is 0 Å². The van der Waals surface area contributed by atoms with E-state index in [0.29, 0.717) is 44.1 Å². The molecule has 2 N–H and O–H groups in total. The van der Waals surface area contributed by atoms with E-state index in [9.17, 15) is 0 Å². The van der Waals surface area contributed by atoms with E-state index in [0.717, 1.165) is 59.8 Å². The minimum Gasteiger partial charge on any atom is -0.490 e. The van der Waals surface area contributed by atoms with Crippen molar-refractivity contribution in [3.8, 4) is 17.2 Å². The standard InChI is InChI=1S/C37H69NO3/c1-28(2)13-10-16-31(7)19-22-39-35-25-34(27-38)26-36(40-23-20-32(8)17-11-14-29(3)4)37(35)41-24-21-33(9)18-12-15-30(5)6/h25-26,28-33H,10-24,27,38H2,1-9H3/t31-,32-,33-/m1/s1. The molecule has 0 fully saturated rings. The third kappa shape index (κ3) is 18.7. The minimum absolute atomic E-state index is 0.455. The first kappa shape index (κ1) is 37.6. The Kier molecular flexibility index (Phi) is 20.3. The highest BCUT2D eigenvalue weighted by atomic mass is 16.5. The number of hydrogen-bond acceptors (Lipinski definition) is 4. The second kappa shape index (κ2) is 22.2. The van der Waals surface area contributed by atoms with E-state index in [1.165, 1.54) is 57.8 Å². The van der Waals surface area contributed by atoms with Gasteiger partial charge in [0.1, 0.15) is 0 Å². The zero-order valence-electron chi connectivity index (χ0n) is 28.7. The summed E-state index contributed by atoms with van der Waals surface area (Å²) in [6, 6.07) is 4.12. The number of ether oxygens (including phenoxy) is 3. The molecule has 0 saturated carbocycles. The minimum atomic E-state index is 0.455. The quantitative estimate of drug-likeness (QED) is 0.126. The SMILES string of the molecule is CC(C)CCC[C@@H](C)CCOc1cc(CN)cc(OCC[C@H](C)CCCC(C)C)c1OCC[C@H](C)CCCC(C)C. The van der Waals surface area contributed by atoms with Crippen LogP contribution in [0.5, 0.6) is 17.2 Å². The summed E-state index contributed by atoms with van der Waals surface area (Å²) in [6.45, 7) is 23.4. The summed E-state index contributed by atoms with van der Waals surface area (Å²) in [7, 11) is 0. The van der Waals surface area contributed by atoms with Gasteiger partial charge in [-0.05, 0) is 72.5 Å². The van der Waals surface area contributed by atoms with Crippen LogP contribution in [0, 0.1) is 35.5 Å². The Hall–Kier alpha value is -1.42. The van der Waals surface area contributed by atoms with Crippen LogP contribution < -0.4 is 19.9 Å². The molecule has 0 heterocycles. The van der Waals surface area contributed by atoms with Gasteiger partial charge in [0.15, 0.2) is 11.5 Å². The van der Waals surface area contributed by atoms with Crippen molar-refractivity contribution in [2.24, 2.45) is 41.2 Å². The van der Waals surface area contributed by atoms with Gasteiger partial charge in [-0.1, -0.05) is 120 Å². The first-order valence-corrected chi connectivity index (χ1v) is 17.3. The van der Waals surface area contributed by atoms with Crippen molar-refractivity contribution in [2.45, 2.75) is 146 Å². The van der Waals surface area contributed by atoms with Crippen LogP contribution in [0.1, 0.15) is 145 Å². The largest absolute Gasteiger partial charge is 0.490 e. The van der Waals surface area contributed by atoms with E-state index in [2.05, 4.69) is 74.4 Å². The topological polar surface area (TPSA) is 53.7 Å². The highest BCUT2D eigenvalue weighted by Gasteiger charge is 2.17.